The molecule has 2 nitrogen and oxygen atoms in total. The van der Waals surface area contributed by atoms with Crippen molar-refractivity contribution in [1.82, 2.24) is 0 Å². The lowest BCUT2D eigenvalue weighted by molar-refractivity contribution is -0.149. The van der Waals surface area contributed by atoms with Crippen LogP contribution in [0.4, 0.5) is 0 Å². The van der Waals surface area contributed by atoms with E-state index in [1.54, 1.807) is 0 Å². The smallest absolute Gasteiger partial charge is 0.330 e. The van der Waals surface area contributed by atoms with Crippen molar-refractivity contribution in [1.29, 1.82) is 0 Å². The highest BCUT2D eigenvalue weighted by Crippen LogP contribution is 2.39. The highest BCUT2D eigenvalue weighted by molar-refractivity contribution is 5.81. The second-order valence-corrected chi connectivity index (χ2v) is 5.06. The molecule has 1 aliphatic rings. The summed E-state index contributed by atoms with van der Waals surface area (Å²) in [5, 5.41) is 0. The molecular formula is C12H20O2. The summed E-state index contributed by atoms with van der Waals surface area (Å²) in [6.07, 6.45) is 4.64. The standard InChI is InChI=1S/C12H20O2/c1-5-11(13)14-10-8-12(3,4)7-6-9(10)2/h5,9-10H,1,6-8H2,2-4H3. The molecule has 0 heterocycles. The van der Waals surface area contributed by atoms with Gasteiger partial charge in [-0.25, -0.2) is 4.79 Å². The highest BCUT2D eigenvalue weighted by Gasteiger charge is 2.34. The lowest BCUT2D eigenvalue weighted by Crippen LogP contribution is -2.35. The highest BCUT2D eigenvalue weighted by atomic mass is 16.5. The Balaban J connectivity index is 2.57. The first kappa shape index (κ1) is 11.3. The zero-order chi connectivity index (χ0) is 10.8. The molecule has 2 unspecified atom stereocenters. The number of rotatable bonds is 2. The monoisotopic (exact) mass is 196 g/mol. The van der Waals surface area contributed by atoms with Gasteiger partial charge >= 0.3 is 5.97 Å². The zero-order valence-corrected chi connectivity index (χ0v) is 9.38. The van der Waals surface area contributed by atoms with Gasteiger partial charge in [-0.3, -0.25) is 0 Å². The topological polar surface area (TPSA) is 26.3 Å². The van der Waals surface area contributed by atoms with E-state index < -0.39 is 0 Å². The molecule has 0 saturated heterocycles. The van der Waals surface area contributed by atoms with Crippen molar-refractivity contribution in [2.24, 2.45) is 11.3 Å². The van der Waals surface area contributed by atoms with Crippen LogP contribution in [-0.2, 0) is 9.53 Å². The van der Waals surface area contributed by atoms with Crippen molar-refractivity contribution in [3.8, 4) is 0 Å². The number of ether oxygens (including phenoxy) is 1. The van der Waals surface area contributed by atoms with E-state index in [0.29, 0.717) is 11.3 Å². The second-order valence-electron chi connectivity index (χ2n) is 5.06. The molecule has 0 aromatic rings. The van der Waals surface area contributed by atoms with Crippen LogP contribution in [0.3, 0.4) is 0 Å². The van der Waals surface area contributed by atoms with Crippen LogP contribution in [0.1, 0.15) is 40.0 Å². The number of hydrogen-bond acceptors (Lipinski definition) is 2. The third-order valence-electron chi connectivity index (χ3n) is 3.10. The maximum Gasteiger partial charge on any atom is 0.330 e. The van der Waals surface area contributed by atoms with Crippen LogP contribution >= 0.6 is 0 Å². The van der Waals surface area contributed by atoms with Crippen molar-refractivity contribution in [3.05, 3.63) is 12.7 Å². The number of hydrogen-bond donors (Lipinski definition) is 0. The van der Waals surface area contributed by atoms with Crippen molar-refractivity contribution in [2.45, 2.75) is 46.1 Å². The van der Waals surface area contributed by atoms with Crippen LogP contribution in [0.5, 0.6) is 0 Å². The molecule has 14 heavy (non-hydrogen) atoms. The molecule has 2 heteroatoms. The minimum absolute atomic E-state index is 0.0734. The first-order valence-electron chi connectivity index (χ1n) is 5.28. The minimum atomic E-state index is -0.292. The normalized spacial score (nSPS) is 30.8. The van der Waals surface area contributed by atoms with Gasteiger partial charge in [-0.15, -0.1) is 0 Å². The van der Waals surface area contributed by atoms with Crippen molar-refractivity contribution >= 4 is 5.97 Å². The molecule has 0 spiro atoms. The van der Waals surface area contributed by atoms with E-state index in [4.69, 9.17) is 4.74 Å². The number of esters is 1. The predicted molar refractivity (Wildman–Crippen MR) is 56.9 cm³/mol. The Hall–Kier alpha value is -0.790. The van der Waals surface area contributed by atoms with Crippen LogP contribution < -0.4 is 0 Å². The van der Waals surface area contributed by atoms with Crippen molar-refractivity contribution < 1.29 is 9.53 Å². The largest absolute Gasteiger partial charge is 0.459 e. The molecule has 0 aromatic heterocycles. The van der Waals surface area contributed by atoms with Gasteiger partial charge in [0.05, 0.1) is 0 Å². The Kier molecular flexibility index (Phi) is 3.35. The predicted octanol–water partition coefficient (Wildman–Crippen LogP) is 2.93. The van der Waals surface area contributed by atoms with Gasteiger partial charge in [0, 0.05) is 6.08 Å². The quantitative estimate of drug-likeness (QED) is 0.501. The van der Waals surface area contributed by atoms with Crippen LogP contribution in [0.15, 0.2) is 12.7 Å². The van der Waals surface area contributed by atoms with E-state index in [9.17, 15) is 4.79 Å². The SMILES string of the molecule is C=CC(=O)OC1CC(C)(C)CCC1C. The van der Waals surface area contributed by atoms with Crippen LogP contribution in [-0.4, -0.2) is 12.1 Å². The van der Waals surface area contributed by atoms with E-state index in [2.05, 4.69) is 27.4 Å². The molecule has 1 rings (SSSR count). The van der Waals surface area contributed by atoms with Crippen LogP contribution in [0.2, 0.25) is 0 Å². The van der Waals surface area contributed by atoms with Crippen molar-refractivity contribution in [2.75, 3.05) is 0 Å². The average molecular weight is 196 g/mol. The maximum atomic E-state index is 11.1. The molecule has 0 aromatic carbocycles. The average Bonchev–Trinajstić information content (AvgIpc) is 2.11. The lowest BCUT2D eigenvalue weighted by Gasteiger charge is -2.38. The van der Waals surface area contributed by atoms with Crippen LogP contribution in [0, 0.1) is 11.3 Å². The molecule has 1 saturated carbocycles. The molecule has 1 aliphatic carbocycles. The Labute approximate surface area is 86.3 Å². The van der Waals surface area contributed by atoms with Gasteiger partial charge in [0.15, 0.2) is 0 Å². The van der Waals surface area contributed by atoms with Crippen LogP contribution in [0.25, 0.3) is 0 Å². The Morgan fingerprint density at radius 2 is 2.21 bits per heavy atom. The van der Waals surface area contributed by atoms with Gasteiger partial charge < -0.3 is 4.74 Å². The van der Waals surface area contributed by atoms with Gasteiger partial charge in [0.25, 0.3) is 0 Å². The summed E-state index contributed by atoms with van der Waals surface area (Å²) in [4.78, 5) is 11.1. The van der Waals surface area contributed by atoms with E-state index >= 15 is 0 Å². The van der Waals surface area contributed by atoms with Crippen molar-refractivity contribution in [3.63, 3.8) is 0 Å². The lowest BCUT2D eigenvalue weighted by atomic mass is 9.72. The number of carbonyl (C=O) groups excluding carboxylic acids is 1. The second kappa shape index (κ2) is 4.16. The minimum Gasteiger partial charge on any atom is -0.459 e. The molecule has 0 radical (unpaired) electrons. The molecule has 1 fully saturated rings. The Morgan fingerprint density at radius 1 is 1.57 bits per heavy atom. The van der Waals surface area contributed by atoms with E-state index in [1.165, 1.54) is 12.5 Å². The molecule has 0 N–H and O–H groups in total. The van der Waals surface area contributed by atoms with Gasteiger partial charge in [-0.05, 0) is 30.6 Å². The fourth-order valence-electron chi connectivity index (χ4n) is 2.01. The van der Waals surface area contributed by atoms with E-state index in [-0.39, 0.29) is 12.1 Å². The number of carbonyl (C=O) groups is 1. The summed E-state index contributed by atoms with van der Waals surface area (Å²) in [5.74, 6) is 0.187. The fourth-order valence-corrected chi connectivity index (χ4v) is 2.01. The first-order valence-corrected chi connectivity index (χ1v) is 5.28. The third kappa shape index (κ3) is 2.86. The molecule has 2 atom stereocenters. The summed E-state index contributed by atoms with van der Waals surface area (Å²) in [5.41, 5.74) is 0.304. The van der Waals surface area contributed by atoms with Gasteiger partial charge in [-0.2, -0.15) is 0 Å². The van der Waals surface area contributed by atoms with E-state index in [1.807, 2.05) is 0 Å². The van der Waals surface area contributed by atoms with Gasteiger partial charge in [0.2, 0.25) is 0 Å². The Morgan fingerprint density at radius 3 is 2.79 bits per heavy atom. The summed E-state index contributed by atoms with van der Waals surface area (Å²) in [6, 6.07) is 0. The molecule has 0 aliphatic heterocycles. The maximum absolute atomic E-state index is 11.1. The summed E-state index contributed by atoms with van der Waals surface area (Å²) in [6.45, 7) is 10.0. The third-order valence-corrected chi connectivity index (χ3v) is 3.10. The van der Waals surface area contributed by atoms with Gasteiger partial charge in [-0.1, -0.05) is 27.4 Å². The summed E-state index contributed by atoms with van der Waals surface area (Å²) < 4.78 is 5.33. The zero-order valence-electron chi connectivity index (χ0n) is 9.38. The van der Waals surface area contributed by atoms with E-state index in [0.717, 1.165) is 12.8 Å². The Bertz CT molecular complexity index is 230. The fraction of sp³-hybridized carbons (Fsp3) is 0.750. The first-order chi connectivity index (χ1) is 6.44. The molecule has 0 amide bonds. The summed E-state index contributed by atoms with van der Waals surface area (Å²) >= 11 is 0. The summed E-state index contributed by atoms with van der Waals surface area (Å²) in [7, 11) is 0. The molecular weight excluding hydrogens is 176 g/mol. The van der Waals surface area contributed by atoms with Gasteiger partial charge in [0.1, 0.15) is 6.10 Å². The molecule has 0 bridgehead atoms. The molecule has 80 valence electrons.